The van der Waals surface area contributed by atoms with Gasteiger partial charge in [0.15, 0.2) is 0 Å². The molecule has 2 N–H and O–H groups in total. The number of hydrogen-bond donors (Lipinski definition) is 1. The minimum Gasteiger partial charge on any atom is -0.330 e. The lowest BCUT2D eigenvalue weighted by atomic mass is 10.1. The molecule has 0 aliphatic rings. The smallest absolute Gasteiger partial charge is 0.0994 e. The average molecular weight is 186 g/mol. The first kappa shape index (κ1) is 10.5. The van der Waals surface area contributed by atoms with Crippen LogP contribution >= 0.6 is 0 Å². The van der Waals surface area contributed by atoms with Crippen molar-refractivity contribution >= 4 is 6.08 Å². The van der Waals surface area contributed by atoms with Gasteiger partial charge in [0, 0.05) is 0 Å². The number of benzene rings is 1. The summed E-state index contributed by atoms with van der Waals surface area (Å²) in [6, 6.07) is 8.02. The molecule has 2 nitrogen and oxygen atoms in total. The molecule has 14 heavy (non-hydrogen) atoms. The fourth-order valence-corrected chi connectivity index (χ4v) is 1.18. The van der Waals surface area contributed by atoms with Crippen LogP contribution in [0.5, 0.6) is 0 Å². The van der Waals surface area contributed by atoms with E-state index in [1.807, 2.05) is 37.3 Å². The summed E-state index contributed by atoms with van der Waals surface area (Å²) in [6.45, 7) is 2.60. The summed E-state index contributed by atoms with van der Waals surface area (Å²) >= 11 is 0. The van der Waals surface area contributed by atoms with E-state index >= 15 is 0 Å². The van der Waals surface area contributed by atoms with Crippen LogP contribution < -0.4 is 5.73 Å². The molecule has 0 fully saturated rings. The number of aryl methyl sites for hydroxylation is 1. The highest BCUT2D eigenvalue weighted by Gasteiger charge is 1.96. The van der Waals surface area contributed by atoms with Crippen LogP contribution in [0.25, 0.3) is 6.08 Å². The van der Waals surface area contributed by atoms with Gasteiger partial charge in [0.25, 0.3) is 0 Å². The van der Waals surface area contributed by atoms with Crippen molar-refractivity contribution < 1.29 is 0 Å². The molecule has 0 heterocycles. The molecule has 0 aliphatic heterocycles. The molecule has 0 bridgehead atoms. The van der Waals surface area contributed by atoms with Crippen molar-refractivity contribution in [3.8, 4) is 6.07 Å². The molecule has 1 aromatic carbocycles. The van der Waals surface area contributed by atoms with Crippen LogP contribution in [0.15, 0.2) is 24.3 Å². The van der Waals surface area contributed by atoms with Gasteiger partial charge >= 0.3 is 0 Å². The molecule has 72 valence electrons. The van der Waals surface area contributed by atoms with E-state index in [1.165, 1.54) is 0 Å². The summed E-state index contributed by atoms with van der Waals surface area (Å²) < 4.78 is 0. The molecular weight excluding hydrogens is 172 g/mol. The monoisotopic (exact) mass is 186 g/mol. The summed E-state index contributed by atoms with van der Waals surface area (Å²) in [7, 11) is 0. The van der Waals surface area contributed by atoms with E-state index in [0.29, 0.717) is 6.54 Å². The molecule has 0 atom stereocenters. The molecule has 0 spiro atoms. The topological polar surface area (TPSA) is 49.8 Å². The van der Waals surface area contributed by atoms with Gasteiger partial charge in [0.05, 0.1) is 11.6 Å². The van der Waals surface area contributed by atoms with Crippen molar-refractivity contribution in [1.82, 2.24) is 0 Å². The van der Waals surface area contributed by atoms with E-state index in [4.69, 9.17) is 11.0 Å². The zero-order chi connectivity index (χ0) is 10.4. The quantitative estimate of drug-likeness (QED) is 0.787. The van der Waals surface area contributed by atoms with E-state index in [1.54, 1.807) is 0 Å². The number of hydrogen-bond acceptors (Lipinski definition) is 2. The Morgan fingerprint density at radius 1 is 1.50 bits per heavy atom. The summed E-state index contributed by atoms with van der Waals surface area (Å²) in [5, 5.41) is 8.82. The summed E-state index contributed by atoms with van der Waals surface area (Å²) in [5.41, 5.74) is 8.18. The van der Waals surface area contributed by atoms with Gasteiger partial charge in [-0.25, -0.2) is 0 Å². The van der Waals surface area contributed by atoms with Crippen LogP contribution in [-0.4, -0.2) is 6.54 Å². The van der Waals surface area contributed by atoms with Gasteiger partial charge in [0.1, 0.15) is 0 Å². The normalized spacial score (nSPS) is 10.4. The van der Waals surface area contributed by atoms with E-state index in [0.717, 1.165) is 23.1 Å². The third-order valence-electron chi connectivity index (χ3n) is 2.03. The third kappa shape index (κ3) is 2.72. The molecule has 2 heteroatoms. The highest BCUT2D eigenvalue weighted by atomic mass is 14.5. The largest absolute Gasteiger partial charge is 0.330 e. The maximum atomic E-state index is 8.82. The van der Waals surface area contributed by atoms with Gasteiger partial charge in [-0.1, -0.05) is 24.3 Å². The Hall–Kier alpha value is -1.59. The van der Waals surface area contributed by atoms with E-state index in [-0.39, 0.29) is 0 Å². The highest BCUT2D eigenvalue weighted by molar-refractivity contribution is 5.54. The zero-order valence-electron chi connectivity index (χ0n) is 8.33. The van der Waals surface area contributed by atoms with Gasteiger partial charge in [-0.2, -0.15) is 5.26 Å². The first-order valence-electron chi connectivity index (χ1n) is 4.65. The Kier molecular flexibility index (Phi) is 3.90. The van der Waals surface area contributed by atoms with Crippen molar-refractivity contribution in [2.75, 3.05) is 6.54 Å². The lowest BCUT2D eigenvalue weighted by Gasteiger charge is -1.98. The molecule has 0 saturated heterocycles. The molecule has 1 aromatic rings. The first-order valence-corrected chi connectivity index (χ1v) is 4.65. The molecular formula is C12H14N2. The second-order valence-electron chi connectivity index (χ2n) is 3.17. The fraction of sp³-hybridized carbons (Fsp3) is 0.250. The predicted molar refractivity (Wildman–Crippen MR) is 58.6 cm³/mol. The van der Waals surface area contributed by atoms with Crippen LogP contribution in [0, 0.1) is 18.3 Å². The van der Waals surface area contributed by atoms with Gasteiger partial charge < -0.3 is 5.73 Å². The van der Waals surface area contributed by atoms with Crippen molar-refractivity contribution in [2.24, 2.45) is 5.73 Å². The first-order chi connectivity index (χ1) is 6.77. The Bertz CT molecular complexity index is 372. The lowest BCUT2D eigenvalue weighted by Crippen LogP contribution is -1.95. The molecule has 0 amide bonds. The van der Waals surface area contributed by atoms with Gasteiger partial charge in [-0.05, 0) is 37.1 Å². The van der Waals surface area contributed by atoms with Crippen molar-refractivity contribution in [3.05, 3.63) is 41.0 Å². The second-order valence-corrected chi connectivity index (χ2v) is 3.17. The van der Waals surface area contributed by atoms with Gasteiger partial charge in [-0.3, -0.25) is 0 Å². The number of nitrogens with two attached hydrogens (primary N) is 1. The van der Waals surface area contributed by atoms with Crippen LogP contribution in [-0.2, 0) is 0 Å². The molecule has 0 aliphatic carbocycles. The van der Waals surface area contributed by atoms with Crippen LogP contribution in [0.2, 0.25) is 0 Å². The molecule has 0 unspecified atom stereocenters. The SMILES string of the molecule is Cc1ccc(C=CCCN)cc1C#N. The molecule has 0 radical (unpaired) electrons. The zero-order valence-corrected chi connectivity index (χ0v) is 8.33. The lowest BCUT2D eigenvalue weighted by molar-refractivity contribution is 1.01. The van der Waals surface area contributed by atoms with E-state index in [9.17, 15) is 0 Å². The third-order valence-corrected chi connectivity index (χ3v) is 2.03. The standard InChI is InChI=1S/C12H14N2/c1-10-5-6-11(4-2-3-7-13)8-12(10)9-14/h2,4-6,8H,3,7,13H2,1H3. The summed E-state index contributed by atoms with van der Waals surface area (Å²) in [5.74, 6) is 0. The van der Waals surface area contributed by atoms with Crippen molar-refractivity contribution in [2.45, 2.75) is 13.3 Å². The Balaban J connectivity index is 2.86. The summed E-state index contributed by atoms with van der Waals surface area (Å²) in [4.78, 5) is 0. The maximum Gasteiger partial charge on any atom is 0.0994 e. The summed E-state index contributed by atoms with van der Waals surface area (Å²) in [6.07, 6.45) is 4.88. The molecule has 0 saturated carbocycles. The van der Waals surface area contributed by atoms with Crippen LogP contribution in [0.4, 0.5) is 0 Å². The number of nitriles is 1. The Morgan fingerprint density at radius 3 is 2.93 bits per heavy atom. The van der Waals surface area contributed by atoms with Gasteiger partial charge in [0.2, 0.25) is 0 Å². The Morgan fingerprint density at radius 2 is 2.29 bits per heavy atom. The average Bonchev–Trinajstić information content (AvgIpc) is 2.21. The van der Waals surface area contributed by atoms with E-state index in [2.05, 4.69) is 6.07 Å². The van der Waals surface area contributed by atoms with Gasteiger partial charge in [-0.15, -0.1) is 0 Å². The number of rotatable bonds is 3. The van der Waals surface area contributed by atoms with Crippen LogP contribution in [0.3, 0.4) is 0 Å². The van der Waals surface area contributed by atoms with Crippen LogP contribution in [0.1, 0.15) is 23.1 Å². The van der Waals surface area contributed by atoms with Crippen molar-refractivity contribution in [1.29, 1.82) is 5.26 Å². The minimum atomic E-state index is 0.660. The predicted octanol–water partition coefficient (Wildman–Crippen LogP) is 2.23. The molecule has 1 rings (SSSR count). The maximum absolute atomic E-state index is 8.82. The minimum absolute atomic E-state index is 0.660. The fourth-order valence-electron chi connectivity index (χ4n) is 1.18. The molecule has 0 aromatic heterocycles. The number of nitrogens with zero attached hydrogens (tertiary/aromatic N) is 1. The van der Waals surface area contributed by atoms with E-state index < -0.39 is 0 Å². The second kappa shape index (κ2) is 5.21. The highest BCUT2D eigenvalue weighted by Crippen LogP contribution is 2.11. The van der Waals surface area contributed by atoms with Crippen molar-refractivity contribution in [3.63, 3.8) is 0 Å². The Labute approximate surface area is 84.7 Å².